The minimum absolute atomic E-state index is 0.528. The highest BCUT2D eigenvalue weighted by Gasteiger charge is 2.05. The van der Waals surface area contributed by atoms with Crippen molar-refractivity contribution in [1.29, 1.82) is 0 Å². The predicted octanol–water partition coefficient (Wildman–Crippen LogP) is 8.39. The molecule has 0 aromatic heterocycles. The summed E-state index contributed by atoms with van der Waals surface area (Å²) in [5.74, 6) is 0. The van der Waals surface area contributed by atoms with E-state index in [1.54, 1.807) is 0 Å². The molecule has 0 aromatic rings. The first-order valence-corrected chi connectivity index (χ1v) is 10.4. The highest BCUT2D eigenvalue weighted by molar-refractivity contribution is 4.58. The van der Waals surface area contributed by atoms with Crippen LogP contribution in [0.25, 0.3) is 0 Å². The molecule has 22 heavy (non-hydrogen) atoms. The van der Waals surface area contributed by atoms with Crippen molar-refractivity contribution in [2.75, 3.05) is 0 Å². The van der Waals surface area contributed by atoms with Gasteiger partial charge in [0.1, 0.15) is 6.17 Å². The van der Waals surface area contributed by atoms with Gasteiger partial charge in [0.2, 0.25) is 0 Å². The van der Waals surface area contributed by atoms with Gasteiger partial charge in [-0.3, -0.25) is 0 Å². The Hall–Kier alpha value is -0.0700. The summed E-state index contributed by atoms with van der Waals surface area (Å²) in [5.41, 5.74) is 0. The molecule has 0 atom stereocenters. The van der Waals surface area contributed by atoms with E-state index in [-0.39, 0.29) is 0 Å². The molecule has 0 aliphatic rings. The molecule has 0 aromatic carbocycles. The lowest BCUT2D eigenvalue weighted by Crippen LogP contribution is -2.00. The van der Waals surface area contributed by atoms with Crippen LogP contribution in [0.15, 0.2) is 0 Å². The molecular weight excluding hydrogens is 271 g/mol. The zero-order chi connectivity index (χ0) is 16.3. The number of halogens is 1. The van der Waals surface area contributed by atoms with Gasteiger partial charge in [-0.25, -0.2) is 4.39 Å². The summed E-state index contributed by atoms with van der Waals surface area (Å²) in [5, 5.41) is 0. The highest BCUT2D eigenvalue weighted by Crippen LogP contribution is 2.17. The van der Waals surface area contributed by atoms with Crippen molar-refractivity contribution in [1.82, 2.24) is 0 Å². The van der Waals surface area contributed by atoms with Gasteiger partial charge in [0.15, 0.2) is 0 Å². The summed E-state index contributed by atoms with van der Waals surface area (Å²) in [6.07, 6.45) is 22.1. The van der Waals surface area contributed by atoms with Crippen LogP contribution in [-0.4, -0.2) is 6.17 Å². The lowest BCUT2D eigenvalue weighted by Gasteiger charge is -2.08. The van der Waals surface area contributed by atoms with Crippen molar-refractivity contribution in [3.8, 4) is 0 Å². The van der Waals surface area contributed by atoms with E-state index in [4.69, 9.17) is 0 Å². The molecular formula is C21H43F. The Morgan fingerprint density at radius 2 is 0.727 bits per heavy atom. The van der Waals surface area contributed by atoms with Gasteiger partial charge < -0.3 is 0 Å². The Morgan fingerprint density at radius 3 is 1.05 bits per heavy atom. The Labute approximate surface area is 140 Å². The van der Waals surface area contributed by atoms with Crippen LogP contribution in [0, 0.1) is 0 Å². The minimum Gasteiger partial charge on any atom is -0.247 e. The van der Waals surface area contributed by atoms with Crippen LogP contribution >= 0.6 is 0 Å². The van der Waals surface area contributed by atoms with Gasteiger partial charge in [-0.05, 0) is 12.8 Å². The Morgan fingerprint density at radius 1 is 0.455 bits per heavy atom. The fourth-order valence-corrected chi connectivity index (χ4v) is 3.14. The summed E-state index contributed by atoms with van der Waals surface area (Å²) in [6, 6.07) is 0. The van der Waals surface area contributed by atoms with Gasteiger partial charge in [-0.15, -0.1) is 0 Å². The zero-order valence-electron chi connectivity index (χ0n) is 15.7. The molecule has 0 rings (SSSR count). The van der Waals surface area contributed by atoms with Gasteiger partial charge >= 0.3 is 0 Å². The summed E-state index contributed by atoms with van der Waals surface area (Å²) in [4.78, 5) is 0. The molecule has 0 bridgehead atoms. The average Bonchev–Trinajstić information content (AvgIpc) is 2.52. The summed E-state index contributed by atoms with van der Waals surface area (Å²) >= 11 is 0. The van der Waals surface area contributed by atoms with Crippen LogP contribution in [0.2, 0.25) is 0 Å². The van der Waals surface area contributed by atoms with Crippen molar-refractivity contribution in [2.45, 2.75) is 136 Å². The van der Waals surface area contributed by atoms with Crippen LogP contribution in [0.3, 0.4) is 0 Å². The lowest BCUT2D eigenvalue weighted by atomic mass is 10.0. The van der Waals surface area contributed by atoms with Crippen LogP contribution in [-0.2, 0) is 0 Å². The summed E-state index contributed by atoms with van der Waals surface area (Å²) < 4.78 is 13.8. The fourth-order valence-electron chi connectivity index (χ4n) is 3.14. The Kier molecular flexibility index (Phi) is 18.9. The predicted molar refractivity (Wildman–Crippen MR) is 99.4 cm³/mol. The van der Waals surface area contributed by atoms with E-state index in [0.29, 0.717) is 0 Å². The van der Waals surface area contributed by atoms with E-state index in [9.17, 15) is 4.39 Å². The van der Waals surface area contributed by atoms with Gasteiger partial charge in [0.25, 0.3) is 0 Å². The van der Waals surface area contributed by atoms with Crippen molar-refractivity contribution < 1.29 is 4.39 Å². The normalized spacial score (nSPS) is 11.5. The maximum atomic E-state index is 13.8. The summed E-state index contributed by atoms with van der Waals surface area (Å²) in [6.45, 7) is 4.52. The summed E-state index contributed by atoms with van der Waals surface area (Å²) in [7, 11) is 0. The molecule has 0 spiro atoms. The van der Waals surface area contributed by atoms with Gasteiger partial charge in [-0.2, -0.15) is 0 Å². The molecule has 0 heterocycles. The molecule has 0 saturated heterocycles. The van der Waals surface area contributed by atoms with Crippen molar-refractivity contribution in [3.05, 3.63) is 0 Å². The third kappa shape index (κ3) is 18.0. The monoisotopic (exact) mass is 314 g/mol. The third-order valence-corrected chi connectivity index (χ3v) is 4.74. The van der Waals surface area contributed by atoms with Gasteiger partial charge in [0, 0.05) is 0 Å². The average molecular weight is 315 g/mol. The highest BCUT2D eigenvalue weighted by atomic mass is 19.1. The lowest BCUT2D eigenvalue weighted by molar-refractivity contribution is 0.279. The van der Waals surface area contributed by atoms with E-state index < -0.39 is 6.17 Å². The second-order valence-corrected chi connectivity index (χ2v) is 7.12. The minimum atomic E-state index is -0.528. The molecule has 0 aliphatic carbocycles. The van der Waals surface area contributed by atoms with E-state index >= 15 is 0 Å². The van der Waals surface area contributed by atoms with Crippen molar-refractivity contribution >= 4 is 0 Å². The standard InChI is InChI=1S/C21H43F/c1-3-5-7-9-11-13-15-17-19-21(22)20-18-16-14-12-10-8-6-4-2/h21H,3-20H2,1-2H3. The van der Waals surface area contributed by atoms with Gasteiger partial charge in [-0.1, -0.05) is 117 Å². The van der Waals surface area contributed by atoms with Crippen molar-refractivity contribution in [2.24, 2.45) is 0 Å². The van der Waals surface area contributed by atoms with Crippen LogP contribution in [0.4, 0.5) is 4.39 Å². The van der Waals surface area contributed by atoms with E-state index in [1.807, 2.05) is 0 Å². The molecule has 1 heteroatoms. The van der Waals surface area contributed by atoms with Crippen LogP contribution in [0.1, 0.15) is 129 Å². The number of hydrogen-bond acceptors (Lipinski definition) is 0. The van der Waals surface area contributed by atoms with Crippen LogP contribution in [0.5, 0.6) is 0 Å². The largest absolute Gasteiger partial charge is 0.247 e. The molecule has 0 saturated carbocycles. The first kappa shape index (κ1) is 21.9. The molecule has 0 amide bonds. The topological polar surface area (TPSA) is 0 Å². The first-order chi connectivity index (χ1) is 10.8. The number of alkyl halides is 1. The SMILES string of the molecule is CCCCCCCCCCC(F)CCCCCCCCCC. The van der Waals surface area contributed by atoms with Gasteiger partial charge in [0.05, 0.1) is 0 Å². The second-order valence-electron chi connectivity index (χ2n) is 7.12. The van der Waals surface area contributed by atoms with E-state index in [1.165, 1.54) is 89.9 Å². The molecule has 0 fully saturated rings. The first-order valence-electron chi connectivity index (χ1n) is 10.4. The number of unbranched alkanes of at least 4 members (excludes halogenated alkanes) is 14. The Balaban J connectivity index is 3.11. The zero-order valence-corrected chi connectivity index (χ0v) is 15.7. The molecule has 0 aliphatic heterocycles. The number of rotatable bonds is 18. The smallest absolute Gasteiger partial charge is 0.100 e. The van der Waals surface area contributed by atoms with E-state index in [2.05, 4.69) is 13.8 Å². The van der Waals surface area contributed by atoms with E-state index in [0.717, 1.165) is 25.7 Å². The quantitative estimate of drug-likeness (QED) is 0.223. The fraction of sp³-hybridized carbons (Fsp3) is 1.00. The second kappa shape index (κ2) is 19.0. The molecule has 0 radical (unpaired) electrons. The molecule has 0 N–H and O–H groups in total. The maximum absolute atomic E-state index is 13.8. The third-order valence-electron chi connectivity index (χ3n) is 4.74. The maximum Gasteiger partial charge on any atom is 0.100 e. The molecule has 134 valence electrons. The van der Waals surface area contributed by atoms with Crippen LogP contribution < -0.4 is 0 Å². The number of hydrogen-bond donors (Lipinski definition) is 0. The molecule has 0 unspecified atom stereocenters. The molecule has 0 nitrogen and oxygen atoms in total. The van der Waals surface area contributed by atoms with Crippen molar-refractivity contribution in [3.63, 3.8) is 0 Å². The Bertz CT molecular complexity index is 170.